The molecule has 1 aromatic heterocycles. The minimum atomic E-state index is -0.108. The summed E-state index contributed by atoms with van der Waals surface area (Å²) in [4.78, 5) is 18.9. The molecule has 1 amide bonds. The van der Waals surface area contributed by atoms with Crippen LogP contribution in [0.3, 0.4) is 0 Å². The second-order valence-electron chi connectivity index (χ2n) is 4.07. The maximum atomic E-state index is 11.8. The standard InChI is InChI=1S/C13H14BrN3O/c1-9(13-15-6-7-16-13)17-12(18)8-10-2-4-11(14)5-3-10/h2-7,9H,8H2,1H3,(H,15,16)(H,17,18). The van der Waals surface area contributed by atoms with E-state index in [2.05, 4.69) is 31.2 Å². The molecular weight excluding hydrogens is 294 g/mol. The number of carbonyl (C=O) groups excluding carboxylic acids is 1. The molecule has 0 saturated carbocycles. The van der Waals surface area contributed by atoms with Crippen LogP contribution in [0.15, 0.2) is 41.1 Å². The van der Waals surface area contributed by atoms with Crippen LogP contribution in [0.2, 0.25) is 0 Å². The van der Waals surface area contributed by atoms with E-state index < -0.39 is 0 Å². The molecule has 2 N–H and O–H groups in total. The summed E-state index contributed by atoms with van der Waals surface area (Å²) in [6.07, 6.45) is 3.79. The molecule has 0 aliphatic heterocycles. The lowest BCUT2D eigenvalue weighted by Crippen LogP contribution is -2.28. The second-order valence-corrected chi connectivity index (χ2v) is 4.98. The lowest BCUT2D eigenvalue weighted by Gasteiger charge is -2.11. The summed E-state index contributed by atoms with van der Waals surface area (Å²) in [6, 6.07) is 7.61. The van der Waals surface area contributed by atoms with Crippen LogP contribution in [0.4, 0.5) is 0 Å². The van der Waals surface area contributed by atoms with Crippen LogP contribution >= 0.6 is 15.9 Å². The summed E-state index contributed by atoms with van der Waals surface area (Å²) < 4.78 is 1.01. The summed E-state index contributed by atoms with van der Waals surface area (Å²) in [5.41, 5.74) is 0.988. The Kier molecular flexibility index (Phi) is 4.15. The number of hydrogen-bond donors (Lipinski definition) is 2. The highest BCUT2D eigenvalue weighted by molar-refractivity contribution is 9.10. The SMILES string of the molecule is CC(NC(=O)Cc1ccc(Br)cc1)c1ncc[nH]1. The van der Waals surface area contributed by atoms with E-state index in [4.69, 9.17) is 0 Å². The average Bonchev–Trinajstić information content (AvgIpc) is 2.85. The average molecular weight is 308 g/mol. The highest BCUT2D eigenvalue weighted by atomic mass is 79.9. The molecule has 0 fully saturated rings. The van der Waals surface area contributed by atoms with Crippen LogP contribution < -0.4 is 5.32 Å². The van der Waals surface area contributed by atoms with Gasteiger partial charge in [0.15, 0.2) is 0 Å². The van der Waals surface area contributed by atoms with E-state index in [9.17, 15) is 4.79 Å². The van der Waals surface area contributed by atoms with Gasteiger partial charge in [0.05, 0.1) is 12.5 Å². The van der Waals surface area contributed by atoms with Gasteiger partial charge in [0.25, 0.3) is 0 Å². The van der Waals surface area contributed by atoms with Crippen molar-refractivity contribution in [2.45, 2.75) is 19.4 Å². The van der Waals surface area contributed by atoms with Gasteiger partial charge in [-0.15, -0.1) is 0 Å². The zero-order valence-corrected chi connectivity index (χ0v) is 11.6. The summed E-state index contributed by atoms with van der Waals surface area (Å²) in [7, 11) is 0. The molecule has 0 saturated heterocycles. The van der Waals surface area contributed by atoms with Crippen molar-refractivity contribution in [3.8, 4) is 0 Å². The van der Waals surface area contributed by atoms with E-state index in [1.807, 2.05) is 31.2 Å². The van der Waals surface area contributed by atoms with Crippen molar-refractivity contribution in [3.05, 3.63) is 52.5 Å². The first-order valence-electron chi connectivity index (χ1n) is 5.68. The van der Waals surface area contributed by atoms with Gasteiger partial charge in [-0.3, -0.25) is 4.79 Å². The number of benzene rings is 1. The second kappa shape index (κ2) is 5.82. The van der Waals surface area contributed by atoms with Crippen LogP contribution in [0, 0.1) is 0 Å². The maximum absolute atomic E-state index is 11.8. The first-order valence-corrected chi connectivity index (χ1v) is 6.47. The Bertz CT molecular complexity index is 508. The van der Waals surface area contributed by atoms with Crippen molar-refractivity contribution in [1.82, 2.24) is 15.3 Å². The Balaban J connectivity index is 1.91. The molecule has 0 radical (unpaired) electrons. The van der Waals surface area contributed by atoms with Gasteiger partial charge < -0.3 is 10.3 Å². The van der Waals surface area contributed by atoms with E-state index in [-0.39, 0.29) is 11.9 Å². The van der Waals surface area contributed by atoms with Gasteiger partial charge in [0.1, 0.15) is 5.82 Å². The number of H-pyrrole nitrogens is 1. The Labute approximate surface area is 114 Å². The molecule has 2 rings (SSSR count). The molecule has 1 heterocycles. The van der Waals surface area contributed by atoms with Crippen LogP contribution in [0.5, 0.6) is 0 Å². The lowest BCUT2D eigenvalue weighted by atomic mass is 10.1. The molecular formula is C13H14BrN3O. The molecule has 1 atom stereocenters. The van der Waals surface area contributed by atoms with Crippen molar-refractivity contribution in [2.24, 2.45) is 0 Å². The van der Waals surface area contributed by atoms with Gasteiger partial charge in [-0.05, 0) is 24.6 Å². The largest absolute Gasteiger partial charge is 0.347 e. The van der Waals surface area contributed by atoms with Crippen molar-refractivity contribution in [3.63, 3.8) is 0 Å². The zero-order valence-electron chi connectivity index (χ0n) is 9.98. The van der Waals surface area contributed by atoms with Crippen molar-refractivity contribution < 1.29 is 4.79 Å². The fraction of sp³-hybridized carbons (Fsp3) is 0.231. The summed E-state index contributed by atoms with van der Waals surface area (Å²) in [6.45, 7) is 1.90. The summed E-state index contributed by atoms with van der Waals surface area (Å²) in [5.74, 6) is 0.750. The first-order chi connectivity index (χ1) is 8.65. The monoisotopic (exact) mass is 307 g/mol. The normalized spacial score (nSPS) is 12.1. The molecule has 4 nitrogen and oxygen atoms in total. The Hall–Kier alpha value is -1.62. The topological polar surface area (TPSA) is 57.8 Å². The molecule has 0 aliphatic carbocycles. The highest BCUT2D eigenvalue weighted by Crippen LogP contribution is 2.11. The summed E-state index contributed by atoms with van der Waals surface area (Å²) in [5, 5.41) is 2.90. The lowest BCUT2D eigenvalue weighted by molar-refractivity contribution is -0.121. The number of rotatable bonds is 4. The van der Waals surface area contributed by atoms with Crippen LogP contribution in [-0.4, -0.2) is 15.9 Å². The number of hydrogen-bond acceptors (Lipinski definition) is 2. The molecule has 2 aromatic rings. The molecule has 0 aliphatic rings. The van der Waals surface area contributed by atoms with Gasteiger partial charge in [-0.1, -0.05) is 28.1 Å². The Morgan fingerprint density at radius 1 is 1.44 bits per heavy atom. The van der Waals surface area contributed by atoms with Gasteiger partial charge >= 0.3 is 0 Å². The molecule has 0 bridgehead atoms. The number of halogens is 1. The third-order valence-electron chi connectivity index (χ3n) is 2.58. The van der Waals surface area contributed by atoms with E-state index >= 15 is 0 Å². The van der Waals surface area contributed by atoms with Crippen molar-refractivity contribution in [2.75, 3.05) is 0 Å². The summed E-state index contributed by atoms with van der Waals surface area (Å²) >= 11 is 3.37. The van der Waals surface area contributed by atoms with Gasteiger partial charge in [0, 0.05) is 16.9 Å². The minimum Gasteiger partial charge on any atom is -0.347 e. The predicted molar refractivity (Wildman–Crippen MR) is 73.0 cm³/mol. The third-order valence-corrected chi connectivity index (χ3v) is 3.11. The smallest absolute Gasteiger partial charge is 0.224 e. The number of aromatic amines is 1. The minimum absolute atomic E-state index is 0.0128. The molecule has 94 valence electrons. The third kappa shape index (κ3) is 3.43. The number of aromatic nitrogens is 2. The number of nitrogens with zero attached hydrogens (tertiary/aromatic N) is 1. The molecule has 5 heteroatoms. The van der Waals surface area contributed by atoms with Gasteiger partial charge in [-0.25, -0.2) is 4.98 Å². The van der Waals surface area contributed by atoms with E-state index in [1.54, 1.807) is 12.4 Å². The highest BCUT2D eigenvalue weighted by Gasteiger charge is 2.11. The van der Waals surface area contributed by atoms with Crippen LogP contribution in [0.1, 0.15) is 24.4 Å². The van der Waals surface area contributed by atoms with E-state index in [0.717, 1.165) is 15.9 Å². The first kappa shape index (κ1) is 12.8. The Morgan fingerprint density at radius 2 is 2.17 bits per heavy atom. The van der Waals surface area contributed by atoms with Crippen LogP contribution in [-0.2, 0) is 11.2 Å². The zero-order chi connectivity index (χ0) is 13.0. The number of carbonyl (C=O) groups is 1. The van der Waals surface area contributed by atoms with Crippen LogP contribution in [0.25, 0.3) is 0 Å². The predicted octanol–water partition coefficient (Wildman–Crippen LogP) is 2.59. The maximum Gasteiger partial charge on any atom is 0.224 e. The quantitative estimate of drug-likeness (QED) is 0.912. The molecule has 0 spiro atoms. The van der Waals surface area contributed by atoms with Crippen molar-refractivity contribution >= 4 is 21.8 Å². The number of amides is 1. The number of imidazole rings is 1. The van der Waals surface area contributed by atoms with Gasteiger partial charge in [-0.2, -0.15) is 0 Å². The van der Waals surface area contributed by atoms with Crippen molar-refractivity contribution in [1.29, 1.82) is 0 Å². The number of nitrogens with one attached hydrogen (secondary N) is 2. The fourth-order valence-corrected chi connectivity index (χ4v) is 1.93. The van der Waals surface area contributed by atoms with Gasteiger partial charge in [0.2, 0.25) is 5.91 Å². The van der Waals surface area contributed by atoms with E-state index in [0.29, 0.717) is 6.42 Å². The fourth-order valence-electron chi connectivity index (χ4n) is 1.66. The Morgan fingerprint density at radius 3 is 2.78 bits per heavy atom. The molecule has 18 heavy (non-hydrogen) atoms. The molecule has 1 aromatic carbocycles. The van der Waals surface area contributed by atoms with E-state index in [1.165, 1.54) is 0 Å². The molecule has 1 unspecified atom stereocenters.